The number of rotatable bonds is 5. The molecule has 84 valence electrons. The van der Waals surface area contributed by atoms with E-state index in [0.717, 1.165) is 12.8 Å². The zero-order valence-corrected chi connectivity index (χ0v) is 9.63. The lowest BCUT2D eigenvalue weighted by Crippen LogP contribution is -2.40. The third-order valence-electron chi connectivity index (χ3n) is 2.94. The molecule has 1 rings (SSSR count). The van der Waals surface area contributed by atoms with E-state index >= 15 is 0 Å². The van der Waals surface area contributed by atoms with Gasteiger partial charge in [-0.3, -0.25) is 0 Å². The average Bonchev–Trinajstić information content (AvgIpc) is 2.09. The molecular formula is C9H19NO3S. The highest BCUT2D eigenvalue weighted by atomic mass is 32.2. The summed E-state index contributed by atoms with van der Waals surface area (Å²) in [6, 6.07) is 0. The molecule has 1 fully saturated rings. The van der Waals surface area contributed by atoms with Gasteiger partial charge in [0.15, 0.2) is 0 Å². The number of hydrogen-bond acceptors (Lipinski definition) is 3. The molecule has 0 radical (unpaired) electrons. The number of nitrogens with zero attached hydrogens (tertiary/aromatic N) is 1. The molecular weight excluding hydrogens is 202 g/mol. The average molecular weight is 221 g/mol. The second kappa shape index (κ2) is 4.59. The molecule has 0 aromatic heterocycles. The fourth-order valence-electron chi connectivity index (χ4n) is 1.54. The van der Waals surface area contributed by atoms with Gasteiger partial charge in [-0.05, 0) is 25.7 Å². The minimum Gasteiger partial charge on any atom is -0.395 e. The van der Waals surface area contributed by atoms with Crippen molar-refractivity contribution in [3.05, 3.63) is 0 Å². The highest BCUT2D eigenvalue weighted by molar-refractivity contribution is 7.89. The first kappa shape index (κ1) is 11.9. The number of aliphatic hydroxyl groups excluding tert-OH is 1. The summed E-state index contributed by atoms with van der Waals surface area (Å²) in [7, 11) is -1.68. The van der Waals surface area contributed by atoms with Gasteiger partial charge in [0, 0.05) is 13.6 Å². The van der Waals surface area contributed by atoms with Gasteiger partial charge in [-0.15, -0.1) is 0 Å². The van der Waals surface area contributed by atoms with E-state index in [4.69, 9.17) is 5.11 Å². The molecule has 1 saturated carbocycles. The second-order valence-electron chi connectivity index (χ2n) is 4.12. The van der Waals surface area contributed by atoms with Crippen molar-refractivity contribution < 1.29 is 13.5 Å². The summed E-state index contributed by atoms with van der Waals surface area (Å²) in [5, 5.41) is 8.13. The quantitative estimate of drug-likeness (QED) is 0.732. The van der Waals surface area contributed by atoms with Gasteiger partial charge in [0.05, 0.1) is 11.9 Å². The third-order valence-corrected chi connectivity index (χ3v) is 5.12. The van der Waals surface area contributed by atoms with E-state index in [1.54, 1.807) is 7.05 Å². The van der Waals surface area contributed by atoms with E-state index in [9.17, 15) is 8.42 Å². The van der Waals surface area contributed by atoms with Gasteiger partial charge in [-0.1, -0.05) is 6.42 Å². The smallest absolute Gasteiger partial charge is 0.218 e. The van der Waals surface area contributed by atoms with Crippen molar-refractivity contribution in [1.29, 1.82) is 0 Å². The van der Waals surface area contributed by atoms with Crippen molar-refractivity contribution in [3.8, 4) is 0 Å². The van der Waals surface area contributed by atoms with Gasteiger partial charge in [0.1, 0.15) is 0 Å². The van der Waals surface area contributed by atoms with Crippen LogP contribution in [-0.4, -0.2) is 43.3 Å². The Labute approximate surface area is 86.0 Å². The standard InChI is InChI=1S/C9H19NO3S/c1-8(7-11)14(12,13)10(2)6-9-4-3-5-9/h8-9,11H,3-7H2,1-2H3. The molecule has 1 unspecified atom stereocenters. The van der Waals surface area contributed by atoms with E-state index in [2.05, 4.69) is 0 Å². The molecule has 0 heterocycles. The van der Waals surface area contributed by atoms with Gasteiger partial charge in [0.2, 0.25) is 10.0 Å². The highest BCUT2D eigenvalue weighted by Crippen LogP contribution is 2.27. The maximum atomic E-state index is 11.7. The van der Waals surface area contributed by atoms with Crippen LogP contribution in [0.4, 0.5) is 0 Å². The van der Waals surface area contributed by atoms with Crippen LogP contribution in [0.2, 0.25) is 0 Å². The number of aliphatic hydroxyl groups is 1. The van der Waals surface area contributed by atoms with Gasteiger partial charge >= 0.3 is 0 Å². The fraction of sp³-hybridized carbons (Fsp3) is 1.00. The van der Waals surface area contributed by atoms with Crippen molar-refractivity contribution in [1.82, 2.24) is 4.31 Å². The fourth-order valence-corrected chi connectivity index (χ4v) is 2.77. The topological polar surface area (TPSA) is 57.6 Å². The lowest BCUT2D eigenvalue weighted by molar-refractivity contribution is 0.255. The normalized spacial score (nSPS) is 20.9. The predicted molar refractivity (Wildman–Crippen MR) is 55.4 cm³/mol. The number of hydrogen-bond donors (Lipinski definition) is 1. The van der Waals surface area contributed by atoms with E-state index < -0.39 is 15.3 Å². The van der Waals surface area contributed by atoms with Crippen LogP contribution in [0.3, 0.4) is 0 Å². The van der Waals surface area contributed by atoms with Crippen molar-refractivity contribution in [2.75, 3.05) is 20.2 Å². The van der Waals surface area contributed by atoms with Crippen LogP contribution in [0.5, 0.6) is 0 Å². The van der Waals surface area contributed by atoms with Crippen LogP contribution >= 0.6 is 0 Å². The van der Waals surface area contributed by atoms with Crippen LogP contribution in [0.25, 0.3) is 0 Å². The Hall–Kier alpha value is -0.130. The van der Waals surface area contributed by atoms with Crippen LogP contribution < -0.4 is 0 Å². The molecule has 5 heteroatoms. The predicted octanol–water partition coefficient (Wildman–Crippen LogP) is 0.429. The number of sulfonamides is 1. The molecule has 1 aliphatic carbocycles. The largest absolute Gasteiger partial charge is 0.395 e. The first-order valence-electron chi connectivity index (χ1n) is 5.04. The van der Waals surface area contributed by atoms with Gasteiger partial charge in [0.25, 0.3) is 0 Å². The Morgan fingerprint density at radius 3 is 2.43 bits per heavy atom. The molecule has 1 aliphatic rings. The van der Waals surface area contributed by atoms with Crippen molar-refractivity contribution in [2.24, 2.45) is 5.92 Å². The lowest BCUT2D eigenvalue weighted by Gasteiger charge is -2.30. The molecule has 0 amide bonds. The molecule has 4 nitrogen and oxygen atoms in total. The monoisotopic (exact) mass is 221 g/mol. The second-order valence-corrected chi connectivity index (χ2v) is 6.57. The minimum atomic E-state index is -3.28. The molecule has 1 atom stereocenters. The lowest BCUT2D eigenvalue weighted by atomic mass is 9.86. The Kier molecular flexibility index (Phi) is 3.92. The first-order chi connectivity index (χ1) is 6.48. The Balaban J connectivity index is 2.52. The minimum absolute atomic E-state index is 0.308. The summed E-state index contributed by atoms with van der Waals surface area (Å²) in [6.07, 6.45) is 3.48. The van der Waals surface area contributed by atoms with E-state index in [1.165, 1.54) is 17.6 Å². The summed E-state index contributed by atoms with van der Waals surface area (Å²) in [5.41, 5.74) is 0. The maximum Gasteiger partial charge on any atom is 0.218 e. The molecule has 0 spiro atoms. The van der Waals surface area contributed by atoms with E-state index in [1.807, 2.05) is 0 Å². The molecule has 0 aromatic rings. The van der Waals surface area contributed by atoms with Crippen LogP contribution in [0.1, 0.15) is 26.2 Å². The molecule has 0 bridgehead atoms. The SMILES string of the molecule is CC(CO)S(=O)(=O)N(C)CC1CCC1. The van der Waals surface area contributed by atoms with E-state index in [-0.39, 0.29) is 6.61 Å². The van der Waals surface area contributed by atoms with Gasteiger partial charge in [-0.25, -0.2) is 12.7 Å². The zero-order chi connectivity index (χ0) is 10.8. The van der Waals surface area contributed by atoms with Gasteiger partial charge in [-0.2, -0.15) is 0 Å². The van der Waals surface area contributed by atoms with Crippen LogP contribution in [0, 0.1) is 5.92 Å². The Morgan fingerprint density at radius 2 is 2.07 bits per heavy atom. The van der Waals surface area contributed by atoms with E-state index in [0.29, 0.717) is 12.5 Å². The molecule has 1 N–H and O–H groups in total. The third kappa shape index (κ3) is 2.46. The molecule has 0 saturated heterocycles. The molecule has 14 heavy (non-hydrogen) atoms. The first-order valence-corrected chi connectivity index (χ1v) is 6.54. The Morgan fingerprint density at radius 1 is 1.50 bits per heavy atom. The summed E-state index contributed by atoms with van der Waals surface area (Å²) in [5.74, 6) is 0.528. The van der Waals surface area contributed by atoms with Crippen molar-refractivity contribution >= 4 is 10.0 Å². The maximum absolute atomic E-state index is 11.7. The van der Waals surface area contributed by atoms with Crippen LogP contribution in [0.15, 0.2) is 0 Å². The van der Waals surface area contributed by atoms with Crippen molar-refractivity contribution in [3.63, 3.8) is 0 Å². The molecule has 0 aliphatic heterocycles. The summed E-state index contributed by atoms with van der Waals surface area (Å²) in [6.45, 7) is 1.83. The van der Waals surface area contributed by atoms with Crippen LogP contribution in [-0.2, 0) is 10.0 Å². The van der Waals surface area contributed by atoms with Crippen molar-refractivity contribution in [2.45, 2.75) is 31.4 Å². The summed E-state index contributed by atoms with van der Waals surface area (Å²) >= 11 is 0. The molecule has 0 aromatic carbocycles. The Bertz CT molecular complexity index is 272. The summed E-state index contributed by atoms with van der Waals surface area (Å²) in [4.78, 5) is 0. The highest BCUT2D eigenvalue weighted by Gasteiger charge is 2.29. The summed E-state index contributed by atoms with van der Waals surface area (Å²) < 4.78 is 24.8. The zero-order valence-electron chi connectivity index (χ0n) is 8.81. The van der Waals surface area contributed by atoms with Gasteiger partial charge < -0.3 is 5.11 Å².